The Morgan fingerprint density at radius 2 is 1.79 bits per heavy atom. The average Bonchev–Trinajstić information content (AvgIpc) is 3.10. The second-order valence-corrected chi connectivity index (χ2v) is 7.80. The number of Topliss-reactive ketones (excluding diaryl/α,β-unsaturated/α-hetero) is 1. The van der Waals surface area contributed by atoms with Gasteiger partial charge in [-0.1, -0.05) is 11.6 Å². The summed E-state index contributed by atoms with van der Waals surface area (Å²) >= 11 is 5.85. The Balaban J connectivity index is 1.54. The number of hydrogen-bond donors (Lipinski definition) is 0. The van der Waals surface area contributed by atoms with E-state index < -0.39 is 29.0 Å². The van der Waals surface area contributed by atoms with Gasteiger partial charge in [0.05, 0.1) is 4.92 Å². The van der Waals surface area contributed by atoms with Gasteiger partial charge >= 0.3 is 5.97 Å². The maximum Gasteiger partial charge on any atom is 0.345 e. The van der Waals surface area contributed by atoms with Gasteiger partial charge in [-0.2, -0.15) is 0 Å². The molecule has 0 bridgehead atoms. The number of halogens is 1. The zero-order valence-corrected chi connectivity index (χ0v) is 18.5. The standard InChI is InChI=1S/C23H19ClN2O7/c1-13-9-17(14(2)25(13)16-4-6-21-22(11-16)32-8-7-31-21)20(27)12-33-23(28)18-10-15(24)3-5-19(18)26(29)30/h3-6,9-11H,7-8,12H2,1-2H3. The highest BCUT2D eigenvalue weighted by Crippen LogP contribution is 2.33. The van der Waals surface area contributed by atoms with Crippen LogP contribution >= 0.6 is 11.6 Å². The molecule has 9 nitrogen and oxygen atoms in total. The first kappa shape index (κ1) is 22.3. The van der Waals surface area contributed by atoms with Crippen LogP contribution in [0.3, 0.4) is 0 Å². The number of nitro benzene ring substituents is 1. The van der Waals surface area contributed by atoms with Gasteiger partial charge in [-0.3, -0.25) is 14.9 Å². The fourth-order valence-corrected chi connectivity index (χ4v) is 3.90. The molecular formula is C23H19ClN2O7. The summed E-state index contributed by atoms with van der Waals surface area (Å²) in [5.74, 6) is -0.162. The van der Waals surface area contributed by atoms with Crippen LogP contribution in [0, 0.1) is 24.0 Å². The van der Waals surface area contributed by atoms with Crippen molar-refractivity contribution in [3.8, 4) is 17.2 Å². The highest BCUT2D eigenvalue weighted by molar-refractivity contribution is 6.31. The van der Waals surface area contributed by atoms with Crippen LogP contribution in [0.5, 0.6) is 11.5 Å². The molecule has 0 atom stereocenters. The summed E-state index contributed by atoms with van der Waals surface area (Å²) in [4.78, 5) is 35.7. The minimum atomic E-state index is -1.00. The number of carbonyl (C=O) groups excluding carboxylic acids is 2. The van der Waals surface area contributed by atoms with E-state index in [1.165, 1.54) is 6.07 Å². The summed E-state index contributed by atoms with van der Waals surface area (Å²) in [5.41, 5.74) is 1.84. The van der Waals surface area contributed by atoms with Crippen molar-refractivity contribution in [3.63, 3.8) is 0 Å². The van der Waals surface area contributed by atoms with E-state index in [-0.39, 0.29) is 10.6 Å². The first-order chi connectivity index (χ1) is 15.8. The lowest BCUT2D eigenvalue weighted by atomic mass is 10.1. The molecule has 170 valence electrons. The first-order valence-corrected chi connectivity index (χ1v) is 10.4. The summed E-state index contributed by atoms with van der Waals surface area (Å²) in [6.07, 6.45) is 0. The predicted molar refractivity (Wildman–Crippen MR) is 119 cm³/mol. The molecule has 0 spiro atoms. The zero-order chi connectivity index (χ0) is 23.7. The first-order valence-electron chi connectivity index (χ1n) is 9.99. The van der Waals surface area contributed by atoms with Gasteiger partial charge in [0.2, 0.25) is 5.78 Å². The average molecular weight is 471 g/mol. The Morgan fingerprint density at radius 1 is 1.06 bits per heavy atom. The maximum absolute atomic E-state index is 12.8. The Hall–Kier alpha value is -3.85. The molecule has 2 heterocycles. The number of ketones is 1. The van der Waals surface area contributed by atoms with E-state index >= 15 is 0 Å². The van der Waals surface area contributed by atoms with Crippen molar-refractivity contribution in [1.82, 2.24) is 4.57 Å². The van der Waals surface area contributed by atoms with Crippen molar-refractivity contribution in [2.75, 3.05) is 19.8 Å². The largest absolute Gasteiger partial charge is 0.486 e. The summed E-state index contributed by atoms with van der Waals surface area (Å²) in [6.45, 7) is 4.00. The predicted octanol–water partition coefficient (Wildman–Crippen LogP) is 4.47. The van der Waals surface area contributed by atoms with Crippen LogP contribution in [0.25, 0.3) is 5.69 Å². The van der Waals surface area contributed by atoms with Crippen LogP contribution in [0.1, 0.15) is 32.1 Å². The smallest absolute Gasteiger partial charge is 0.345 e. The molecule has 10 heteroatoms. The third-order valence-electron chi connectivity index (χ3n) is 5.23. The normalized spacial score (nSPS) is 12.3. The molecule has 1 aliphatic rings. The quantitative estimate of drug-likeness (QED) is 0.226. The van der Waals surface area contributed by atoms with Crippen molar-refractivity contribution in [2.24, 2.45) is 0 Å². The molecule has 3 aromatic rings. The van der Waals surface area contributed by atoms with Crippen molar-refractivity contribution in [1.29, 1.82) is 0 Å². The van der Waals surface area contributed by atoms with E-state index in [2.05, 4.69) is 0 Å². The molecule has 0 saturated heterocycles. The number of ether oxygens (including phenoxy) is 3. The minimum absolute atomic E-state index is 0.141. The second kappa shape index (κ2) is 8.95. The van der Waals surface area contributed by atoms with Gasteiger partial charge in [0.15, 0.2) is 18.1 Å². The van der Waals surface area contributed by atoms with Crippen molar-refractivity contribution < 1.29 is 28.7 Å². The van der Waals surface area contributed by atoms with E-state index in [9.17, 15) is 19.7 Å². The van der Waals surface area contributed by atoms with Crippen LogP contribution < -0.4 is 9.47 Å². The van der Waals surface area contributed by atoms with Gasteiger partial charge in [-0.05, 0) is 44.2 Å². The third-order valence-corrected chi connectivity index (χ3v) is 5.46. The Labute approximate surface area is 193 Å². The second-order valence-electron chi connectivity index (χ2n) is 7.37. The van der Waals surface area contributed by atoms with Crippen molar-refractivity contribution in [2.45, 2.75) is 13.8 Å². The zero-order valence-electron chi connectivity index (χ0n) is 17.8. The van der Waals surface area contributed by atoms with E-state index in [1.54, 1.807) is 13.0 Å². The molecule has 0 amide bonds. The summed E-state index contributed by atoms with van der Waals surface area (Å²) < 4.78 is 18.2. The molecule has 1 aliphatic heterocycles. The van der Waals surface area contributed by atoms with Gasteiger partial charge in [0.1, 0.15) is 18.8 Å². The van der Waals surface area contributed by atoms with E-state index in [0.717, 1.165) is 23.5 Å². The number of nitro groups is 1. The van der Waals surface area contributed by atoms with Crippen LogP contribution in [-0.4, -0.2) is 41.1 Å². The third kappa shape index (κ3) is 4.40. The Bertz CT molecular complexity index is 1280. The Kier molecular flexibility index (Phi) is 6.06. The molecule has 1 aromatic heterocycles. The number of rotatable bonds is 6. The molecule has 0 fully saturated rings. The highest BCUT2D eigenvalue weighted by atomic mass is 35.5. The molecule has 0 unspecified atom stereocenters. The van der Waals surface area contributed by atoms with Gasteiger partial charge in [-0.15, -0.1) is 0 Å². The molecule has 0 saturated carbocycles. The number of esters is 1. The molecule has 0 aliphatic carbocycles. The molecule has 4 rings (SSSR count). The van der Waals surface area contributed by atoms with Gasteiger partial charge < -0.3 is 18.8 Å². The van der Waals surface area contributed by atoms with E-state index in [1.807, 2.05) is 29.7 Å². The number of aryl methyl sites for hydroxylation is 1. The van der Waals surface area contributed by atoms with Gasteiger partial charge in [0, 0.05) is 39.8 Å². The van der Waals surface area contributed by atoms with Crippen LogP contribution in [0.15, 0.2) is 42.5 Å². The molecule has 2 aromatic carbocycles. The topological polar surface area (TPSA) is 110 Å². The van der Waals surface area contributed by atoms with Crippen LogP contribution in [-0.2, 0) is 4.74 Å². The maximum atomic E-state index is 12.8. The lowest BCUT2D eigenvalue weighted by molar-refractivity contribution is -0.385. The number of aromatic nitrogens is 1. The Morgan fingerprint density at radius 3 is 2.52 bits per heavy atom. The SMILES string of the molecule is Cc1cc(C(=O)COC(=O)c2cc(Cl)ccc2[N+](=O)[O-])c(C)n1-c1ccc2c(c1)OCCO2. The fourth-order valence-electron chi connectivity index (χ4n) is 3.73. The highest BCUT2D eigenvalue weighted by Gasteiger charge is 2.24. The van der Waals surface area contributed by atoms with Gasteiger partial charge in [0.25, 0.3) is 5.69 Å². The van der Waals surface area contributed by atoms with Crippen molar-refractivity contribution >= 4 is 29.0 Å². The summed E-state index contributed by atoms with van der Waals surface area (Å²) in [7, 11) is 0. The number of nitrogens with zero attached hydrogens (tertiary/aromatic N) is 2. The van der Waals surface area contributed by atoms with E-state index in [4.69, 9.17) is 25.8 Å². The monoisotopic (exact) mass is 470 g/mol. The molecule has 0 N–H and O–H groups in total. The molecular weight excluding hydrogens is 452 g/mol. The number of carbonyl (C=O) groups is 2. The molecule has 33 heavy (non-hydrogen) atoms. The fraction of sp³-hybridized carbons (Fsp3) is 0.217. The lowest BCUT2D eigenvalue weighted by Crippen LogP contribution is -2.16. The lowest BCUT2D eigenvalue weighted by Gasteiger charge is -2.20. The molecule has 0 radical (unpaired) electrons. The summed E-state index contributed by atoms with van der Waals surface area (Å²) in [5, 5.41) is 11.3. The number of fused-ring (bicyclic) bond motifs is 1. The van der Waals surface area contributed by atoms with Crippen molar-refractivity contribution in [3.05, 3.63) is 80.1 Å². The van der Waals surface area contributed by atoms with Crippen LogP contribution in [0.4, 0.5) is 5.69 Å². The van der Waals surface area contributed by atoms with Crippen LogP contribution in [0.2, 0.25) is 5.02 Å². The van der Waals surface area contributed by atoms with Gasteiger partial charge in [-0.25, -0.2) is 4.79 Å². The number of benzene rings is 2. The van der Waals surface area contributed by atoms with E-state index in [0.29, 0.717) is 36.0 Å². The minimum Gasteiger partial charge on any atom is -0.486 e. The summed E-state index contributed by atoms with van der Waals surface area (Å²) in [6, 6.07) is 10.8. The number of hydrogen-bond acceptors (Lipinski definition) is 7.